The van der Waals surface area contributed by atoms with E-state index in [1.165, 1.54) is 96.3 Å². The van der Waals surface area contributed by atoms with Gasteiger partial charge >= 0.3 is 148 Å². The predicted octanol–water partition coefficient (Wildman–Crippen LogP) is 6.82. The standard InChI is InChI=1S/C25H49NO2SSe/c1-4-5-6-7-8-9-10-11-12-13-14-15-16-17-18-19-21-28-25(30)24(20-22-29-3)26-23(2)27/h24H,4-22H2,1-3H3,(H,26,27)/t24-/m0/s1. The fraction of sp³-hybridized carbons (Fsp3) is 0.920. The normalized spacial score (nSPS) is 12.0. The number of hydrogen-bond acceptors (Lipinski definition) is 3. The van der Waals surface area contributed by atoms with Crippen LogP contribution in [0.4, 0.5) is 0 Å². The summed E-state index contributed by atoms with van der Waals surface area (Å²) in [6, 6.07) is -0.00370. The van der Waals surface area contributed by atoms with Crippen LogP contribution in [0.15, 0.2) is 0 Å². The first kappa shape index (κ1) is 30.0. The quantitative estimate of drug-likeness (QED) is 0.122. The Morgan fingerprint density at radius 2 is 1.27 bits per heavy atom. The maximum atomic E-state index is 11.4. The molecule has 0 aromatic rings. The van der Waals surface area contributed by atoms with Gasteiger partial charge in [-0.1, -0.05) is 51.9 Å². The van der Waals surface area contributed by atoms with Crippen LogP contribution < -0.4 is 5.32 Å². The predicted molar refractivity (Wildman–Crippen MR) is 137 cm³/mol. The molecule has 1 amide bonds. The number of carbonyl (C=O) groups excluding carboxylic acids is 1. The van der Waals surface area contributed by atoms with Gasteiger partial charge < -0.3 is 0 Å². The summed E-state index contributed by atoms with van der Waals surface area (Å²) in [7, 11) is 0. The average molecular weight is 507 g/mol. The van der Waals surface area contributed by atoms with Crippen LogP contribution in [-0.2, 0) is 9.53 Å². The fourth-order valence-electron chi connectivity index (χ4n) is 3.65. The first-order valence-electron chi connectivity index (χ1n) is 12.5. The number of hydrogen-bond donors (Lipinski definition) is 1. The van der Waals surface area contributed by atoms with Crippen LogP contribution in [0.5, 0.6) is 0 Å². The van der Waals surface area contributed by atoms with Crippen molar-refractivity contribution in [1.82, 2.24) is 5.32 Å². The van der Waals surface area contributed by atoms with Gasteiger partial charge in [0.05, 0.1) is 0 Å². The summed E-state index contributed by atoms with van der Waals surface area (Å²) in [6.45, 7) is 4.60. The summed E-state index contributed by atoms with van der Waals surface area (Å²) in [5.41, 5.74) is 0. The van der Waals surface area contributed by atoms with Gasteiger partial charge in [0.15, 0.2) is 0 Å². The Balaban J connectivity index is 3.40. The molecule has 5 heteroatoms. The van der Waals surface area contributed by atoms with Gasteiger partial charge in [-0.15, -0.1) is 0 Å². The van der Waals surface area contributed by atoms with Crippen molar-refractivity contribution in [2.45, 2.75) is 129 Å². The summed E-state index contributed by atoms with van der Waals surface area (Å²) in [5.74, 6) is 1.01. The molecule has 1 N–H and O–H groups in total. The zero-order valence-electron chi connectivity index (χ0n) is 20.1. The Kier molecular flexibility index (Phi) is 23.7. The number of unbranched alkanes of at least 4 members (excludes halogenated alkanes) is 15. The Morgan fingerprint density at radius 1 is 0.833 bits per heavy atom. The molecule has 0 aliphatic carbocycles. The molecule has 0 aromatic carbocycles. The van der Waals surface area contributed by atoms with Crippen LogP contribution in [0.3, 0.4) is 0 Å². The molecule has 0 rings (SSSR count). The molecule has 3 nitrogen and oxygen atoms in total. The molecule has 0 unspecified atom stereocenters. The van der Waals surface area contributed by atoms with Gasteiger partial charge in [0.1, 0.15) is 0 Å². The van der Waals surface area contributed by atoms with E-state index in [-0.39, 0.29) is 11.9 Å². The number of carbonyl (C=O) groups is 1. The van der Waals surface area contributed by atoms with E-state index >= 15 is 0 Å². The van der Waals surface area contributed by atoms with E-state index in [0.717, 1.165) is 29.8 Å². The molecule has 0 saturated carbocycles. The van der Waals surface area contributed by atoms with E-state index in [0.29, 0.717) is 0 Å². The molecule has 178 valence electrons. The Hall–Kier alpha value is 0.00948. The van der Waals surface area contributed by atoms with Crippen molar-refractivity contribution in [3.05, 3.63) is 0 Å². The van der Waals surface area contributed by atoms with Crippen LogP contribution in [0, 0.1) is 0 Å². The van der Waals surface area contributed by atoms with Gasteiger partial charge in [-0.3, -0.25) is 0 Å². The average Bonchev–Trinajstić information content (AvgIpc) is 2.72. The molecule has 0 bridgehead atoms. The molecule has 0 heterocycles. The molecular formula is C25H49NO2SSe. The first-order chi connectivity index (χ1) is 14.6. The van der Waals surface area contributed by atoms with Gasteiger partial charge in [-0.05, 0) is 0 Å². The monoisotopic (exact) mass is 507 g/mol. The van der Waals surface area contributed by atoms with E-state index in [9.17, 15) is 4.79 Å². The van der Waals surface area contributed by atoms with Crippen LogP contribution >= 0.6 is 11.8 Å². The van der Waals surface area contributed by atoms with Crippen molar-refractivity contribution in [1.29, 1.82) is 0 Å². The summed E-state index contributed by atoms with van der Waals surface area (Å²) >= 11 is 4.81. The Bertz CT molecular complexity index is 407. The number of amides is 1. The minimum atomic E-state index is -0.00370. The Labute approximate surface area is 200 Å². The molecule has 0 radical (unpaired) electrons. The summed E-state index contributed by atoms with van der Waals surface area (Å²) in [5, 5.41) is 2.98. The van der Waals surface area contributed by atoms with Gasteiger partial charge in [-0.25, -0.2) is 0 Å². The third-order valence-electron chi connectivity index (χ3n) is 5.51. The summed E-state index contributed by atoms with van der Waals surface area (Å²) in [4.78, 5) is 11.4. The summed E-state index contributed by atoms with van der Waals surface area (Å²) in [6.07, 6.45) is 25.1. The third kappa shape index (κ3) is 21.2. The topological polar surface area (TPSA) is 38.3 Å². The molecule has 0 spiro atoms. The van der Waals surface area contributed by atoms with Crippen molar-refractivity contribution in [2.24, 2.45) is 0 Å². The summed E-state index contributed by atoms with van der Waals surface area (Å²) < 4.78 is 6.69. The Morgan fingerprint density at radius 3 is 1.67 bits per heavy atom. The van der Waals surface area contributed by atoms with Crippen LogP contribution in [0.2, 0.25) is 0 Å². The second-order valence-electron chi connectivity index (χ2n) is 8.51. The molecule has 30 heavy (non-hydrogen) atoms. The zero-order valence-corrected chi connectivity index (χ0v) is 22.7. The molecule has 0 aliphatic heterocycles. The van der Waals surface area contributed by atoms with Crippen LogP contribution in [-0.4, -0.2) is 50.7 Å². The van der Waals surface area contributed by atoms with E-state index in [1.54, 1.807) is 18.7 Å². The second-order valence-corrected chi connectivity index (χ2v) is 10.3. The second kappa shape index (κ2) is 23.7. The molecule has 0 aliphatic rings. The van der Waals surface area contributed by atoms with E-state index in [2.05, 4.69) is 34.1 Å². The molecule has 1 atom stereocenters. The van der Waals surface area contributed by atoms with Crippen molar-refractivity contribution in [3.8, 4) is 0 Å². The zero-order chi connectivity index (χ0) is 22.3. The van der Waals surface area contributed by atoms with E-state index < -0.39 is 0 Å². The SMILES string of the molecule is CCCCCCCCCCCCCCCCCCOC(=[Se])[C@H](CCSC)NC(C)=O. The first-order valence-corrected chi connectivity index (χ1v) is 14.8. The molecule has 0 aromatic heterocycles. The number of ether oxygens (including phenoxy) is 1. The molecule has 0 fully saturated rings. The van der Waals surface area contributed by atoms with Gasteiger partial charge in [0, 0.05) is 0 Å². The third-order valence-corrected chi connectivity index (χ3v) is 7.00. The van der Waals surface area contributed by atoms with Gasteiger partial charge in [-0.2, -0.15) is 0 Å². The number of rotatable bonds is 23. The minimum absolute atomic E-state index is 0.000128. The number of nitrogens with one attached hydrogen (secondary N) is 1. The van der Waals surface area contributed by atoms with Gasteiger partial charge in [0.25, 0.3) is 0 Å². The van der Waals surface area contributed by atoms with Crippen molar-refractivity contribution in [2.75, 3.05) is 18.6 Å². The van der Waals surface area contributed by atoms with Gasteiger partial charge in [0.2, 0.25) is 0 Å². The van der Waals surface area contributed by atoms with E-state index in [4.69, 9.17) is 4.74 Å². The van der Waals surface area contributed by atoms with Crippen LogP contribution in [0.25, 0.3) is 0 Å². The maximum absolute atomic E-state index is 11.4. The fourth-order valence-corrected chi connectivity index (χ4v) is 4.67. The van der Waals surface area contributed by atoms with Crippen LogP contribution in [0.1, 0.15) is 123 Å². The molecular weight excluding hydrogens is 457 g/mol. The number of thioether (sulfide) groups is 1. The molecule has 0 saturated heterocycles. The van der Waals surface area contributed by atoms with Crippen molar-refractivity contribution >= 4 is 37.8 Å². The van der Waals surface area contributed by atoms with Crippen molar-refractivity contribution in [3.63, 3.8) is 0 Å². The van der Waals surface area contributed by atoms with Crippen molar-refractivity contribution < 1.29 is 9.53 Å². The van der Waals surface area contributed by atoms with E-state index in [1.807, 2.05) is 0 Å².